The first kappa shape index (κ1) is 13.6. The molecule has 0 spiro atoms. The Morgan fingerprint density at radius 1 is 1.05 bits per heavy atom. The molecule has 116 valence electrons. The van der Waals surface area contributed by atoms with Gasteiger partial charge in [0.2, 0.25) is 10.0 Å². The number of aromatic nitrogens is 2. The minimum atomic E-state index is -3.56. The van der Waals surface area contributed by atoms with Gasteiger partial charge in [0.15, 0.2) is 11.5 Å². The Morgan fingerprint density at radius 2 is 1.86 bits per heavy atom. The van der Waals surface area contributed by atoms with Crippen LogP contribution in [0.25, 0.3) is 0 Å². The standard InChI is InChI=1S/C14H15N3O4S/c18-22(19,16-5-6-17-11(10-16)3-4-15-17)12-1-2-13-14(9-12)21-8-7-20-13/h1-4,9H,5-8,10H2. The summed E-state index contributed by atoms with van der Waals surface area (Å²) in [5.41, 5.74) is 0.896. The van der Waals surface area contributed by atoms with Crippen molar-refractivity contribution in [3.05, 3.63) is 36.2 Å². The van der Waals surface area contributed by atoms with E-state index in [0.717, 1.165) is 5.69 Å². The molecule has 0 unspecified atom stereocenters. The average molecular weight is 321 g/mol. The van der Waals surface area contributed by atoms with Crippen molar-refractivity contribution in [1.82, 2.24) is 14.1 Å². The molecule has 1 aromatic heterocycles. The van der Waals surface area contributed by atoms with Crippen LogP contribution < -0.4 is 9.47 Å². The minimum absolute atomic E-state index is 0.227. The highest BCUT2D eigenvalue weighted by molar-refractivity contribution is 7.89. The summed E-state index contributed by atoms with van der Waals surface area (Å²) < 4.78 is 39.8. The Morgan fingerprint density at radius 3 is 2.73 bits per heavy atom. The van der Waals surface area contributed by atoms with Crippen molar-refractivity contribution in [1.29, 1.82) is 0 Å². The van der Waals surface area contributed by atoms with Gasteiger partial charge in [-0.25, -0.2) is 8.42 Å². The van der Waals surface area contributed by atoms with Crippen LogP contribution in [0.3, 0.4) is 0 Å². The summed E-state index contributed by atoms with van der Waals surface area (Å²) in [5, 5.41) is 4.16. The van der Waals surface area contributed by atoms with Crippen LogP contribution in [0.4, 0.5) is 0 Å². The number of nitrogens with zero attached hydrogens (tertiary/aromatic N) is 3. The number of hydrogen-bond acceptors (Lipinski definition) is 5. The largest absolute Gasteiger partial charge is 0.486 e. The highest BCUT2D eigenvalue weighted by atomic mass is 32.2. The first-order valence-electron chi connectivity index (χ1n) is 7.05. The molecule has 0 saturated carbocycles. The van der Waals surface area contributed by atoms with Gasteiger partial charge < -0.3 is 9.47 Å². The zero-order chi connectivity index (χ0) is 15.2. The summed E-state index contributed by atoms with van der Waals surface area (Å²) in [6.07, 6.45) is 1.69. The molecule has 0 atom stereocenters. The van der Waals surface area contributed by atoms with Gasteiger partial charge in [0.05, 0.1) is 23.7 Å². The normalized spacial score (nSPS) is 18.0. The predicted molar refractivity (Wildman–Crippen MR) is 77.3 cm³/mol. The molecular weight excluding hydrogens is 306 g/mol. The molecule has 0 saturated heterocycles. The van der Waals surface area contributed by atoms with Gasteiger partial charge in [-0.1, -0.05) is 0 Å². The topological polar surface area (TPSA) is 73.7 Å². The monoisotopic (exact) mass is 321 g/mol. The lowest BCUT2D eigenvalue weighted by atomic mass is 10.3. The number of benzene rings is 1. The lowest BCUT2D eigenvalue weighted by Gasteiger charge is -2.27. The zero-order valence-electron chi connectivity index (χ0n) is 11.8. The van der Waals surface area contributed by atoms with Gasteiger partial charge in [0.1, 0.15) is 13.2 Å². The highest BCUT2D eigenvalue weighted by Gasteiger charge is 2.29. The zero-order valence-corrected chi connectivity index (χ0v) is 12.6. The van der Waals surface area contributed by atoms with Gasteiger partial charge in [0.25, 0.3) is 0 Å². The predicted octanol–water partition coefficient (Wildman–Crippen LogP) is 0.859. The fourth-order valence-corrected chi connectivity index (χ4v) is 4.12. The van der Waals surface area contributed by atoms with Crippen LogP contribution in [0, 0.1) is 0 Å². The summed E-state index contributed by atoms with van der Waals surface area (Å²) in [4.78, 5) is 0.227. The number of hydrogen-bond donors (Lipinski definition) is 0. The number of ether oxygens (including phenoxy) is 2. The van der Waals surface area contributed by atoms with Crippen molar-refractivity contribution < 1.29 is 17.9 Å². The summed E-state index contributed by atoms with van der Waals surface area (Å²) in [6.45, 7) is 2.21. The van der Waals surface area contributed by atoms with E-state index in [4.69, 9.17) is 9.47 Å². The summed E-state index contributed by atoms with van der Waals surface area (Å²) in [7, 11) is -3.56. The summed E-state index contributed by atoms with van der Waals surface area (Å²) in [6, 6.07) is 6.59. The lowest BCUT2D eigenvalue weighted by molar-refractivity contribution is 0.171. The van der Waals surface area contributed by atoms with Crippen LogP contribution >= 0.6 is 0 Å². The Labute approximate surface area is 128 Å². The van der Waals surface area contributed by atoms with Gasteiger partial charge in [-0.3, -0.25) is 4.68 Å². The second kappa shape index (κ2) is 4.99. The molecule has 1 aromatic carbocycles. The Balaban J connectivity index is 1.66. The summed E-state index contributed by atoms with van der Waals surface area (Å²) in [5.74, 6) is 1.07. The molecule has 3 heterocycles. The van der Waals surface area contributed by atoms with E-state index in [1.165, 1.54) is 10.4 Å². The maximum absolute atomic E-state index is 12.8. The van der Waals surface area contributed by atoms with Crippen LogP contribution in [0.1, 0.15) is 5.69 Å². The van der Waals surface area contributed by atoms with Crippen molar-refractivity contribution in [3.8, 4) is 11.5 Å². The smallest absolute Gasteiger partial charge is 0.243 e. The van der Waals surface area contributed by atoms with Crippen LogP contribution in [-0.2, 0) is 23.1 Å². The fourth-order valence-electron chi connectivity index (χ4n) is 2.70. The van der Waals surface area contributed by atoms with E-state index in [0.29, 0.717) is 44.3 Å². The Hall–Kier alpha value is -2.06. The molecule has 7 nitrogen and oxygen atoms in total. The molecule has 0 amide bonds. The molecule has 4 rings (SSSR count). The SMILES string of the molecule is O=S(=O)(c1ccc2c(c1)OCCO2)N1CCn2nccc2C1. The number of sulfonamides is 1. The van der Waals surface area contributed by atoms with Crippen LogP contribution in [0.15, 0.2) is 35.4 Å². The first-order valence-corrected chi connectivity index (χ1v) is 8.49. The van der Waals surface area contributed by atoms with Gasteiger partial charge >= 0.3 is 0 Å². The molecule has 8 heteroatoms. The Bertz CT molecular complexity index is 815. The third-order valence-electron chi connectivity index (χ3n) is 3.86. The van der Waals surface area contributed by atoms with E-state index >= 15 is 0 Å². The first-order chi connectivity index (χ1) is 10.6. The molecule has 0 bridgehead atoms. The third kappa shape index (κ3) is 2.15. The summed E-state index contributed by atoms with van der Waals surface area (Å²) >= 11 is 0. The minimum Gasteiger partial charge on any atom is -0.486 e. The maximum Gasteiger partial charge on any atom is 0.243 e. The maximum atomic E-state index is 12.8. The number of rotatable bonds is 2. The van der Waals surface area contributed by atoms with E-state index in [1.807, 2.05) is 10.7 Å². The van der Waals surface area contributed by atoms with Crippen LogP contribution in [0.2, 0.25) is 0 Å². The van der Waals surface area contributed by atoms with Gasteiger partial charge in [-0.2, -0.15) is 9.40 Å². The molecule has 2 aliphatic heterocycles. The molecule has 0 N–H and O–H groups in total. The third-order valence-corrected chi connectivity index (χ3v) is 5.70. The lowest BCUT2D eigenvalue weighted by Crippen LogP contribution is -2.38. The molecule has 0 fully saturated rings. The van der Waals surface area contributed by atoms with E-state index in [2.05, 4.69) is 5.10 Å². The van der Waals surface area contributed by atoms with Crippen LogP contribution in [0.5, 0.6) is 11.5 Å². The van der Waals surface area contributed by atoms with E-state index in [1.54, 1.807) is 18.3 Å². The molecule has 2 aliphatic rings. The van der Waals surface area contributed by atoms with Crippen molar-refractivity contribution in [3.63, 3.8) is 0 Å². The van der Waals surface area contributed by atoms with Crippen molar-refractivity contribution in [2.75, 3.05) is 19.8 Å². The van der Waals surface area contributed by atoms with Crippen molar-refractivity contribution >= 4 is 10.0 Å². The van der Waals surface area contributed by atoms with Gasteiger partial charge in [0, 0.05) is 18.8 Å². The second-order valence-electron chi connectivity index (χ2n) is 5.19. The molecule has 2 aromatic rings. The molecular formula is C14H15N3O4S. The fraction of sp³-hybridized carbons (Fsp3) is 0.357. The van der Waals surface area contributed by atoms with Crippen molar-refractivity contribution in [2.24, 2.45) is 0 Å². The second-order valence-corrected chi connectivity index (χ2v) is 7.13. The highest BCUT2D eigenvalue weighted by Crippen LogP contribution is 2.33. The molecule has 0 radical (unpaired) electrons. The van der Waals surface area contributed by atoms with E-state index in [9.17, 15) is 8.42 Å². The molecule has 22 heavy (non-hydrogen) atoms. The molecule has 0 aliphatic carbocycles. The quantitative estimate of drug-likeness (QED) is 0.820. The van der Waals surface area contributed by atoms with E-state index in [-0.39, 0.29) is 4.90 Å². The van der Waals surface area contributed by atoms with Gasteiger partial charge in [-0.05, 0) is 18.2 Å². The van der Waals surface area contributed by atoms with E-state index < -0.39 is 10.0 Å². The van der Waals surface area contributed by atoms with Crippen molar-refractivity contribution in [2.45, 2.75) is 18.0 Å². The number of fused-ring (bicyclic) bond motifs is 2. The average Bonchev–Trinajstić information content (AvgIpc) is 3.02. The van der Waals surface area contributed by atoms with Gasteiger partial charge in [-0.15, -0.1) is 0 Å². The van der Waals surface area contributed by atoms with Crippen LogP contribution in [-0.4, -0.2) is 42.3 Å². The Kier molecular flexibility index (Phi) is 3.08.